The number of rotatable bonds is 2. The first kappa shape index (κ1) is 14.6. The van der Waals surface area contributed by atoms with E-state index in [4.69, 9.17) is 4.42 Å². The topological polar surface area (TPSA) is 62.5 Å². The van der Waals surface area contributed by atoms with E-state index >= 15 is 0 Å². The van der Waals surface area contributed by atoms with Crippen molar-refractivity contribution in [3.05, 3.63) is 41.2 Å². The van der Waals surface area contributed by atoms with Crippen molar-refractivity contribution >= 4 is 11.7 Å². The highest BCUT2D eigenvalue weighted by atomic mass is 16.3. The molecule has 0 atom stereocenters. The van der Waals surface area contributed by atoms with Crippen molar-refractivity contribution in [1.29, 1.82) is 0 Å². The van der Waals surface area contributed by atoms with Gasteiger partial charge in [0.05, 0.1) is 5.56 Å². The molecular weight excluding hydrogens is 280 g/mol. The largest absolute Gasteiger partial charge is 0.466 e. The molecule has 0 aliphatic carbocycles. The maximum Gasteiger partial charge on any atom is 0.257 e. The van der Waals surface area contributed by atoms with Gasteiger partial charge in [0.1, 0.15) is 23.7 Å². The van der Waals surface area contributed by atoms with Crippen LogP contribution < -0.4 is 4.90 Å². The zero-order chi connectivity index (χ0) is 15.7. The maximum absolute atomic E-state index is 12.6. The molecule has 2 aromatic heterocycles. The molecule has 116 valence electrons. The first-order valence-electron chi connectivity index (χ1n) is 7.44. The molecule has 3 heterocycles. The second-order valence-electron chi connectivity index (χ2n) is 5.62. The number of anilines is 1. The molecule has 0 spiro atoms. The van der Waals surface area contributed by atoms with Crippen molar-refractivity contribution < 1.29 is 9.21 Å². The Kier molecular flexibility index (Phi) is 3.83. The summed E-state index contributed by atoms with van der Waals surface area (Å²) in [6.07, 6.45) is 1.58. The first-order valence-corrected chi connectivity index (χ1v) is 7.44. The fourth-order valence-electron chi connectivity index (χ4n) is 2.77. The number of aryl methyl sites for hydroxylation is 3. The van der Waals surface area contributed by atoms with Gasteiger partial charge in [0, 0.05) is 37.9 Å². The second kappa shape index (κ2) is 5.79. The Labute approximate surface area is 129 Å². The Balaban J connectivity index is 1.67. The fourth-order valence-corrected chi connectivity index (χ4v) is 2.77. The van der Waals surface area contributed by atoms with Gasteiger partial charge in [0.2, 0.25) is 0 Å². The highest BCUT2D eigenvalue weighted by Crippen LogP contribution is 2.19. The molecular formula is C16H20N4O2. The maximum atomic E-state index is 12.6. The van der Waals surface area contributed by atoms with E-state index in [1.807, 2.05) is 37.8 Å². The first-order chi connectivity index (χ1) is 10.5. The van der Waals surface area contributed by atoms with Gasteiger partial charge in [-0.05, 0) is 26.8 Å². The summed E-state index contributed by atoms with van der Waals surface area (Å²) in [4.78, 5) is 25.0. The summed E-state index contributed by atoms with van der Waals surface area (Å²) in [5.41, 5.74) is 1.62. The van der Waals surface area contributed by atoms with Gasteiger partial charge < -0.3 is 14.2 Å². The van der Waals surface area contributed by atoms with Crippen LogP contribution in [0.2, 0.25) is 0 Å². The number of carbonyl (C=O) groups excluding carboxylic acids is 1. The van der Waals surface area contributed by atoms with E-state index in [1.54, 1.807) is 6.33 Å². The minimum atomic E-state index is 0.0490. The number of hydrogen-bond donors (Lipinski definition) is 0. The van der Waals surface area contributed by atoms with Crippen molar-refractivity contribution in [2.75, 3.05) is 31.1 Å². The van der Waals surface area contributed by atoms with E-state index < -0.39 is 0 Å². The molecule has 1 aliphatic heterocycles. The Hall–Kier alpha value is -2.37. The molecule has 0 saturated carbocycles. The molecule has 6 nitrogen and oxygen atoms in total. The monoisotopic (exact) mass is 300 g/mol. The van der Waals surface area contributed by atoms with Crippen molar-refractivity contribution in [2.24, 2.45) is 0 Å². The predicted molar refractivity (Wildman–Crippen MR) is 83.1 cm³/mol. The normalized spacial score (nSPS) is 15.2. The minimum Gasteiger partial charge on any atom is -0.466 e. The van der Waals surface area contributed by atoms with Gasteiger partial charge in [-0.3, -0.25) is 4.79 Å². The predicted octanol–water partition coefficient (Wildman–Crippen LogP) is 1.96. The zero-order valence-corrected chi connectivity index (χ0v) is 13.2. The third kappa shape index (κ3) is 2.81. The third-order valence-corrected chi connectivity index (χ3v) is 3.95. The van der Waals surface area contributed by atoms with Crippen LogP contribution in [0, 0.1) is 20.8 Å². The van der Waals surface area contributed by atoms with Crippen molar-refractivity contribution in [2.45, 2.75) is 20.8 Å². The van der Waals surface area contributed by atoms with E-state index in [2.05, 4.69) is 14.9 Å². The lowest BCUT2D eigenvalue weighted by molar-refractivity contribution is 0.0744. The Morgan fingerprint density at radius 1 is 1.09 bits per heavy atom. The molecule has 22 heavy (non-hydrogen) atoms. The Morgan fingerprint density at radius 2 is 1.82 bits per heavy atom. The number of carbonyl (C=O) groups is 1. The molecule has 0 radical (unpaired) electrons. The number of piperazine rings is 1. The zero-order valence-electron chi connectivity index (χ0n) is 13.2. The molecule has 1 aliphatic rings. The van der Waals surface area contributed by atoms with Gasteiger partial charge in [-0.25, -0.2) is 9.97 Å². The molecule has 0 unspecified atom stereocenters. The van der Waals surface area contributed by atoms with Gasteiger partial charge in [0.15, 0.2) is 0 Å². The van der Waals surface area contributed by atoms with Crippen LogP contribution in [0.15, 0.2) is 22.9 Å². The highest BCUT2D eigenvalue weighted by molar-refractivity contribution is 5.95. The number of aromatic nitrogens is 2. The molecule has 0 aromatic carbocycles. The van der Waals surface area contributed by atoms with Crippen molar-refractivity contribution in [3.63, 3.8) is 0 Å². The van der Waals surface area contributed by atoms with Crippen molar-refractivity contribution in [3.8, 4) is 0 Å². The lowest BCUT2D eigenvalue weighted by Gasteiger charge is -2.35. The minimum absolute atomic E-state index is 0.0490. The number of furan rings is 1. The van der Waals surface area contributed by atoms with E-state index in [0.717, 1.165) is 30.4 Å². The van der Waals surface area contributed by atoms with Crippen LogP contribution in [0.3, 0.4) is 0 Å². The van der Waals surface area contributed by atoms with E-state index in [-0.39, 0.29) is 5.91 Å². The Morgan fingerprint density at radius 3 is 2.41 bits per heavy atom. The van der Waals surface area contributed by atoms with Crippen molar-refractivity contribution in [1.82, 2.24) is 14.9 Å². The highest BCUT2D eigenvalue weighted by Gasteiger charge is 2.25. The van der Waals surface area contributed by atoms with Gasteiger partial charge >= 0.3 is 0 Å². The summed E-state index contributed by atoms with van der Waals surface area (Å²) in [7, 11) is 0. The van der Waals surface area contributed by atoms with E-state index in [9.17, 15) is 4.79 Å². The van der Waals surface area contributed by atoms with Crippen LogP contribution in [-0.2, 0) is 0 Å². The average molecular weight is 300 g/mol. The lowest BCUT2D eigenvalue weighted by atomic mass is 10.2. The Bertz CT molecular complexity index is 687. The van der Waals surface area contributed by atoms with Crippen LogP contribution in [-0.4, -0.2) is 47.0 Å². The fraction of sp³-hybridized carbons (Fsp3) is 0.438. The summed E-state index contributed by atoms with van der Waals surface area (Å²) in [6, 6.07) is 3.79. The van der Waals surface area contributed by atoms with Crippen LogP contribution in [0.1, 0.15) is 27.6 Å². The van der Waals surface area contributed by atoms with Crippen LogP contribution in [0.5, 0.6) is 0 Å². The number of amides is 1. The number of nitrogens with zero attached hydrogens (tertiary/aromatic N) is 4. The molecule has 1 fully saturated rings. The SMILES string of the molecule is Cc1cc(N2CCN(C(=O)c3cc(C)oc3C)CC2)ncn1. The molecule has 6 heteroatoms. The molecule has 2 aromatic rings. The van der Waals surface area contributed by atoms with Gasteiger partial charge in [-0.15, -0.1) is 0 Å². The quantitative estimate of drug-likeness (QED) is 0.848. The summed E-state index contributed by atoms with van der Waals surface area (Å²) in [5, 5.41) is 0. The summed E-state index contributed by atoms with van der Waals surface area (Å²) in [5.74, 6) is 2.44. The van der Waals surface area contributed by atoms with Gasteiger partial charge in [0.25, 0.3) is 5.91 Å². The molecule has 3 rings (SSSR count). The molecule has 1 amide bonds. The average Bonchev–Trinajstić information content (AvgIpc) is 2.85. The summed E-state index contributed by atoms with van der Waals surface area (Å²) >= 11 is 0. The molecule has 1 saturated heterocycles. The summed E-state index contributed by atoms with van der Waals surface area (Å²) < 4.78 is 5.46. The number of hydrogen-bond acceptors (Lipinski definition) is 5. The van der Waals surface area contributed by atoms with E-state index in [1.165, 1.54) is 0 Å². The van der Waals surface area contributed by atoms with Crippen LogP contribution >= 0.6 is 0 Å². The van der Waals surface area contributed by atoms with Gasteiger partial charge in [-0.1, -0.05) is 0 Å². The summed E-state index contributed by atoms with van der Waals surface area (Å²) in [6.45, 7) is 8.57. The van der Waals surface area contributed by atoms with Gasteiger partial charge in [-0.2, -0.15) is 0 Å². The second-order valence-corrected chi connectivity index (χ2v) is 5.62. The third-order valence-electron chi connectivity index (χ3n) is 3.95. The van der Waals surface area contributed by atoms with Crippen LogP contribution in [0.25, 0.3) is 0 Å². The lowest BCUT2D eigenvalue weighted by Crippen LogP contribution is -2.49. The smallest absolute Gasteiger partial charge is 0.257 e. The molecule has 0 N–H and O–H groups in total. The van der Waals surface area contributed by atoms with Crippen LogP contribution in [0.4, 0.5) is 5.82 Å². The standard InChI is InChI=1S/C16H20N4O2/c1-11-8-15(18-10-17-11)19-4-6-20(7-5-19)16(21)14-9-12(2)22-13(14)3/h8-10H,4-7H2,1-3H3. The molecule has 0 bridgehead atoms. The van der Waals surface area contributed by atoms with E-state index in [0.29, 0.717) is 24.4 Å².